The van der Waals surface area contributed by atoms with Crippen molar-refractivity contribution >= 4 is 11.9 Å². The quantitative estimate of drug-likeness (QED) is 0.687. The van der Waals surface area contributed by atoms with E-state index in [0.717, 1.165) is 0 Å². The number of aliphatic carboxylic acids is 1. The van der Waals surface area contributed by atoms with Gasteiger partial charge in [0.15, 0.2) is 0 Å². The van der Waals surface area contributed by atoms with Gasteiger partial charge in [-0.05, 0) is 13.0 Å². The van der Waals surface area contributed by atoms with Crippen molar-refractivity contribution in [1.29, 1.82) is 0 Å². The summed E-state index contributed by atoms with van der Waals surface area (Å²) in [5.74, 6) is -0.639. The Morgan fingerprint density at radius 3 is 2.88 bits per heavy atom. The second kappa shape index (κ2) is 5.92. The fourth-order valence-electron chi connectivity index (χ4n) is 1.06. The fraction of sp³-hybridized carbons (Fsp3) is 0.400. The van der Waals surface area contributed by atoms with Crippen molar-refractivity contribution in [1.82, 2.24) is 5.32 Å². The number of hydrogen-bond donors (Lipinski definition) is 2. The highest BCUT2D eigenvalue weighted by atomic mass is 16.5. The van der Waals surface area contributed by atoms with Gasteiger partial charge in [-0.25, -0.2) is 4.79 Å². The summed E-state index contributed by atoms with van der Waals surface area (Å²) in [6.07, 6.45) is 1.36. The van der Waals surface area contributed by atoms with Crippen molar-refractivity contribution in [2.45, 2.75) is 6.92 Å². The highest BCUT2D eigenvalue weighted by molar-refractivity contribution is 5.93. The van der Waals surface area contributed by atoms with Gasteiger partial charge >= 0.3 is 5.97 Å². The van der Waals surface area contributed by atoms with Gasteiger partial charge in [0.2, 0.25) is 0 Å². The Labute approximate surface area is 92.2 Å². The lowest BCUT2D eigenvalue weighted by Gasteiger charge is -2.03. The SMILES string of the molecule is Cc1cc(C(=O)NCCOCC(=O)O)co1. The maximum Gasteiger partial charge on any atom is 0.329 e. The summed E-state index contributed by atoms with van der Waals surface area (Å²) in [7, 11) is 0. The molecule has 1 aromatic rings. The normalized spacial score (nSPS) is 10.1. The molecule has 0 atom stereocenters. The molecular weight excluding hydrogens is 214 g/mol. The molecule has 6 nitrogen and oxygen atoms in total. The number of amides is 1. The third-order valence-corrected chi connectivity index (χ3v) is 1.75. The number of carbonyl (C=O) groups excluding carboxylic acids is 1. The van der Waals surface area contributed by atoms with Gasteiger partial charge in [-0.3, -0.25) is 4.79 Å². The summed E-state index contributed by atoms with van der Waals surface area (Å²) in [5.41, 5.74) is 0.440. The van der Waals surface area contributed by atoms with E-state index in [1.165, 1.54) is 6.26 Å². The number of rotatable bonds is 6. The van der Waals surface area contributed by atoms with Crippen LogP contribution >= 0.6 is 0 Å². The molecule has 0 aliphatic heterocycles. The van der Waals surface area contributed by atoms with Gasteiger partial charge in [-0.2, -0.15) is 0 Å². The zero-order chi connectivity index (χ0) is 12.0. The Morgan fingerprint density at radius 2 is 2.31 bits per heavy atom. The number of aryl methyl sites for hydroxylation is 1. The van der Waals surface area contributed by atoms with E-state index in [1.54, 1.807) is 13.0 Å². The van der Waals surface area contributed by atoms with Crippen LogP contribution in [0.3, 0.4) is 0 Å². The van der Waals surface area contributed by atoms with E-state index in [4.69, 9.17) is 14.3 Å². The van der Waals surface area contributed by atoms with Crippen LogP contribution in [-0.4, -0.2) is 36.7 Å². The average molecular weight is 227 g/mol. The lowest BCUT2D eigenvalue weighted by atomic mass is 10.3. The van der Waals surface area contributed by atoms with Crippen LogP contribution < -0.4 is 5.32 Å². The Morgan fingerprint density at radius 1 is 1.56 bits per heavy atom. The van der Waals surface area contributed by atoms with Crippen LogP contribution in [0.25, 0.3) is 0 Å². The van der Waals surface area contributed by atoms with Gasteiger partial charge in [0.1, 0.15) is 18.6 Å². The van der Waals surface area contributed by atoms with Gasteiger partial charge in [0.05, 0.1) is 12.2 Å². The Bertz CT molecular complexity index is 371. The van der Waals surface area contributed by atoms with Crippen LogP contribution in [0.5, 0.6) is 0 Å². The summed E-state index contributed by atoms with van der Waals surface area (Å²) in [6.45, 7) is 1.80. The van der Waals surface area contributed by atoms with Gasteiger partial charge in [-0.15, -0.1) is 0 Å². The molecule has 0 fully saturated rings. The third-order valence-electron chi connectivity index (χ3n) is 1.75. The van der Waals surface area contributed by atoms with Crippen LogP contribution in [0.1, 0.15) is 16.1 Å². The number of carbonyl (C=O) groups is 2. The van der Waals surface area contributed by atoms with Crippen LogP contribution in [-0.2, 0) is 9.53 Å². The molecule has 16 heavy (non-hydrogen) atoms. The van der Waals surface area contributed by atoms with Crippen molar-refractivity contribution in [3.63, 3.8) is 0 Å². The lowest BCUT2D eigenvalue weighted by molar-refractivity contribution is -0.142. The minimum Gasteiger partial charge on any atom is -0.480 e. The molecule has 1 aromatic heterocycles. The molecule has 0 saturated carbocycles. The van der Waals surface area contributed by atoms with Crippen molar-refractivity contribution in [3.05, 3.63) is 23.7 Å². The third kappa shape index (κ3) is 4.14. The minimum absolute atomic E-state index is 0.162. The van der Waals surface area contributed by atoms with E-state index >= 15 is 0 Å². The van der Waals surface area contributed by atoms with Crippen LogP contribution in [0.2, 0.25) is 0 Å². The van der Waals surface area contributed by atoms with E-state index in [2.05, 4.69) is 5.32 Å². The first-order valence-corrected chi connectivity index (χ1v) is 4.72. The van der Waals surface area contributed by atoms with E-state index in [1.807, 2.05) is 0 Å². The standard InChI is InChI=1S/C10H13NO5/c1-7-4-8(5-16-7)10(14)11-2-3-15-6-9(12)13/h4-5H,2-3,6H2,1H3,(H,11,14)(H,12,13). The predicted octanol–water partition coefficient (Wildman–Crippen LogP) is 0.419. The zero-order valence-corrected chi connectivity index (χ0v) is 8.86. The van der Waals surface area contributed by atoms with Crippen molar-refractivity contribution < 1.29 is 23.8 Å². The molecule has 0 aliphatic carbocycles. The highest BCUT2D eigenvalue weighted by Crippen LogP contribution is 2.05. The molecule has 2 N–H and O–H groups in total. The van der Waals surface area contributed by atoms with Crippen LogP contribution in [0.15, 0.2) is 16.7 Å². The fourth-order valence-corrected chi connectivity index (χ4v) is 1.06. The summed E-state index contributed by atoms with van der Waals surface area (Å²) >= 11 is 0. The average Bonchev–Trinajstić information content (AvgIpc) is 2.63. The van der Waals surface area contributed by atoms with Crippen molar-refractivity contribution in [3.8, 4) is 0 Å². The molecule has 1 rings (SSSR count). The Kier molecular flexibility index (Phi) is 4.53. The topological polar surface area (TPSA) is 88.8 Å². The summed E-state index contributed by atoms with van der Waals surface area (Å²) in [4.78, 5) is 21.5. The van der Waals surface area contributed by atoms with Crippen molar-refractivity contribution in [2.75, 3.05) is 19.8 Å². The molecule has 88 valence electrons. The number of hydrogen-bond acceptors (Lipinski definition) is 4. The Hall–Kier alpha value is -1.82. The lowest BCUT2D eigenvalue weighted by Crippen LogP contribution is -2.27. The Balaban J connectivity index is 2.18. The van der Waals surface area contributed by atoms with E-state index < -0.39 is 5.97 Å². The number of nitrogens with one attached hydrogen (secondary N) is 1. The van der Waals surface area contributed by atoms with Crippen molar-refractivity contribution in [2.24, 2.45) is 0 Å². The van der Waals surface area contributed by atoms with Gasteiger partial charge in [0.25, 0.3) is 5.91 Å². The number of carboxylic acids is 1. The number of furan rings is 1. The molecule has 0 bridgehead atoms. The molecular formula is C10H13NO5. The first-order valence-electron chi connectivity index (χ1n) is 4.72. The molecule has 1 heterocycles. The number of ether oxygens (including phenoxy) is 1. The summed E-state index contributed by atoms with van der Waals surface area (Å²) in [6, 6.07) is 1.62. The van der Waals surface area contributed by atoms with Gasteiger partial charge in [0, 0.05) is 6.54 Å². The molecule has 0 aliphatic rings. The second-order valence-electron chi connectivity index (χ2n) is 3.15. The largest absolute Gasteiger partial charge is 0.480 e. The number of carboxylic acid groups (broad SMARTS) is 1. The van der Waals surface area contributed by atoms with E-state index in [-0.39, 0.29) is 25.7 Å². The molecule has 0 unspecified atom stereocenters. The van der Waals surface area contributed by atoms with Gasteiger partial charge in [-0.1, -0.05) is 0 Å². The molecule has 6 heteroatoms. The minimum atomic E-state index is -1.03. The predicted molar refractivity (Wildman–Crippen MR) is 54.2 cm³/mol. The molecule has 0 spiro atoms. The van der Waals surface area contributed by atoms with E-state index in [0.29, 0.717) is 11.3 Å². The molecule has 0 saturated heterocycles. The maximum absolute atomic E-state index is 11.4. The zero-order valence-electron chi connectivity index (χ0n) is 8.86. The first-order chi connectivity index (χ1) is 7.59. The monoisotopic (exact) mass is 227 g/mol. The van der Waals surface area contributed by atoms with Gasteiger partial charge < -0.3 is 19.6 Å². The van der Waals surface area contributed by atoms with Crippen LogP contribution in [0, 0.1) is 6.92 Å². The second-order valence-corrected chi connectivity index (χ2v) is 3.15. The maximum atomic E-state index is 11.4. The molecule has 0 aromatic carbocycles. The highest BCUT2D eigenvalue weighted by Gasteiger charge is 2.07. The molecule has 0 radical (unpaired) electrons. The van der Waals surface area contributed by atoms with Crippen LogP contribution in [0.4, 0.5) is 0 Å². The summed E-state index contributed by atoms with van der Waals surface area (Å²) in [5, 5.41) is 10.8. The van der Waals surface area contributed by atoms with E-state index in [9.17, 15) is 9.59 Å². The molecule has 1 amide bonds. The smallest absolute Gasteiger partial charge is 0.329 e. The first kappa shape index (κ1) is 12.3. The summed E-state index contributed by atoms with van der Waals surface area (Å²) < 4.78 is 9.72.